The van der Waals surface area contributed by atoms with Crippen LogP contribution < -0.4 is 16.0 Å². The SMILES string of the molecule is O=C(CO)n1c(=O)n(C(=O)CCO)c2cc(Cn3ccc(OCc4ccc(F)cc4F)c(Cl)c3=O)ccc21. The van der Waals surface area contributed by atoms with Crippen LogP contribution in [0.5, 0.6) is 5.75 Å². The second-order valence-electron chi connectivity index (χ2n) is 8.15. The highest BCUT2D eigenvalue weighted by atomic mass is 35.5. The van der Waals surface area contributed by atoms with Gasteiger partial charge < -0.3 is 19.5 Å². The predicted octanol–water partition coefficient (Wildman–Crippen LogP) is 2.18. The van der Waals surface area contributed by atoms with Gasteiger partial charge in [0, 0.05) is 17.8 Å². The van der Waals surface area contributed by atoms with Gasteiger partial charge in [-0.25, -0.2) is 22.7 Å². The molecule has 2 N–H and O–H groups in total. The van der Waals surface area contributed by atoms with E-state index in [1.807, 2.05) is 0 Å². The van der Waals surface area contributed by atoms with Gasteiger partial charge in [-0.1, -0.05) is 17.7 Å². The highest BCUT2D eigenvalue weighted by Crippen LogP contribution is 2.23. The van der Waals surface area contributed by atoms with E-state index in [4.69, 9.17) is 21.4 Å². The zero-order valence-corrected chi connectivity index (χ0v) is 20.3. The Labute approximate surface area is 217 Å². The third kappa shape index (κ3) is 5.14. The third-order valence-electron chi connectivity index (χ3n) is 5.69. The number of fused-ring (bicyclic) bond motifs is 1. The molecule has 0 aliphatic heterocycles. The van der Waals surface area contributed by atoms with Crippen molar-refractivity contribution in [2.24, 2.45) is 0 Å². The van der Waals surface area contributed by atoms with Gasteiger partial charge in [-0.2, -0.15) is 0 Å². The van der Waals surface area contributed by atoms with Crippen LogP contribution in [0.25, 0.3) is 11.0 Å². The topological polar surface area (TPSA) is 133 Å². The van der Waals surface area contributed by atoms with E-state index in [-0.39, 0.29) is 46.9 Å². The van der Waals surface area contributed by atoms with Crippen molar-refractivity contribution >= 4 is 34.4 Å². The fourth-order valence-corrected chi connectivity index (χ4v) is 4.08. The van der Waals surface area contributed by atoms with Crippen LogP contribution in [0.3, 0.4) is 0 Å². The third-order valence-corrected chi connectivity index (χ3v) is 6.03. The molecule has 0 saturated heterocycles. The highest BCUT2D eigenvalue weighted by molar-refractivity contribution is 6.31. The molecule has 0 bridgehead atoms. The number of benzene rings is 2. The van der Waals surface area contributed by atoms with Crippen molar-refractivity contribution in [2.45, 2.75) is 19.6 Å². The Morgan fingerprint density at radius 3 is 2.37 bits per heavy atom. The van der Waals surface area contributed by atoms with Crippen molar-refractivity contribution in [1.29, 1.82) is 0 Å². The summed E-state index contributed by atoms with van der Waals surface area (Å²) in [5.41, 5.74) is -1.01. The minimum atomic E-state index is -0.992. The average Bonchev–Trinajstić information content (AvgIpc) is 3.18. The van der Waals surface area contributed by atoms with Crippen LogP contribution in [-0.2, 0) is 13.2 Å². The largest absolute Gasteiger partial charge is 0.487 e. The van der Waals surface area contributed by atoms with Crippen molar-refractivity contribution in [3.05, 3.63) is 97.3 Å². The van der Waals surface area contributed by atoms with Crippen molar-refractivity contribution in [2.75, 3.05) is 13.2 Å². The lowest BCUT2D eigenvalue weighted by Gasteiger charge is -2.12. The molecule has 198 valence electrons. The number of pyridine rings is 1. The molecule has 0 fully saturated rings. The summed E-state index contributed by atoms with van der Waals surface area (Å²) in [4.78, 5) is 50.3. The Morgan fingerprint density at radius 2 is 1.68 bits per heavy atom. The van der Waals surface area contributed by atoms with Crippen LogP contribution in [-0.4, -0.2) is 48.9 Å². The number of carbonyl (C=O) groups excluding carboxylic acids is 2. The molecule has 2 aromatic carbocycles. The standard InChI is InChI=1S/C25H20ClF2N3O7/c26-23-20(38-13-15-2-3-16(27)10-17(15)28)5-7-29(24(23)36)11-14-1-4-18-19(9-14)31(21(34)6-8-32)25(37)30(18)22(35)12-33/h1-5,7,9-10,32-33H,6,8,11-13H2. The molecule has 0 amide bonds. The maximum absolute atomic E-state index is 13.9. The van der Waals surface area contributed by atoms with Gasteiger partial charge in [0.15, 0.2) is 0 Å². The lowest BCUT2D eigenvalue weighted by atomic mass is 10.2. The first-order valence-electron chi connectivity index (χ1n) is 11.2. The number of aromatic nitrogens is 3. The van der Waals surface area contributed by atoms with Gasteiger partial charge >= 0.3 is 5.69 Å². The first-order chi connectivity index (χ1) is 18.2. The second kappa shape index (κ2) is 11.1. The van der Waals surface area contributed by atoms with Crippen LogP contribution in [0, 0.1) is 11.6 Å². The smallest absolute Gasteiger partial charge is 0.342 e. The minimum absolute atomic E-state index is 0.0184. The summed E-state index contributed by atoms with van der Waals surface area (Å²) < 4.78 is 35.0. The van der Waals surface area contributed by atoms with Crippen molar-refractivity contribution in [3.63, 3.8) is 0 Å². The fourth-order valence-electron chi connectivity index (χ4n) is 3.86. The van der Waals surface area contributed by atoms with E-state index in [1.54, 1.807) is 0 Å². The summed E-state index contributed by atoms with van der Waals surface area (Å²) in [7, 11) is 0. The Bertz CT molecular complexity index is 1680. The molecule has 13 heteroatoms. The molecule has 0 spiro atoms. The van der Waals surface area contributed by atoms with E-state index in [2.05, 4.69) is 0 Å². The number of aliphatic hydroxyl groups is 2. The molecule has 0 aliphatic rings. The number of imidazole rings is 1. The van der Waals surface area contributed by atoms with E-state index in [1.165, 1.54) is 41.1 Å². The molecule has 4 rings (SSSR count). The van der Waals surface area contributed by atoms with Gasteiger partial charge in [0.05, 0.1) is 30.6 Å². The van der Waals surface area contributed by atoms with Crippen LogP contribution in [0.1, 0.15) is 27.1 Å². The summed E-state index contributed by atoms with van der Waals surface area (Å²) in [6, 6.07) is 8.72. The molecule has 0 unspecified atom stereocenters. The quantitative estimate of drug-likeness (QED) is 0.345. The van der Waals surface area contributed by atoms with E-state index in [0.717, 1.165) is 10.6 Å². The van der Waals surface area contributed by atoms with E-state index >= 15 is 0 Å². The zero-order valence-electron chi connectivity index (χ0n) is 19.6. The van der Waals surface area contributed by atoms with Crippen LogP contribution >= 0.6 is 11.6 Å². The monoisotopic (exact) mass is 547 g/mol. The number of ether oxygens (including phenoxy) is 1. The van der Waals surface area contributed by atoms with Crippen LogP contribution in [0.4, 0.5) is 8.78 Å². The molecule has 4 aromatic rings. The summed E-state index contributed by atoms with van der Waals surface area (Å²) >= 11 is 6.18. The number of aliphatic hydroxyl groups excluding tert-OH is 2. The Balaban J connectivity index is 1.65. The van der Waals surface area contributed by atoms with E-state index < -0.39 is 47.9 Å². The Morgan fingerprint density at radius 1 is 0.947 bits per heavy atom. The average molecular weight is 548 g/mol. The Hall–Kier alpha value is -4.13. The van der Waals surface area contributed by atoms with Gasteiger partial charge in [0.2, 0.25) is 5.91 Å². The highest BCUT2D eigenvalue weighted by Gasteiger charge is 2.22. The normalized spacial score (nSPS) is 11.2. The first-order valence-corrected chi connectivity index (χ1v) is 11.5. The number of hydrogen-bond donors (Lipinski definition) is 2. The van der Waals surface area contributed by atoms with Gasteiger partial charge in [-0.3, -0.25) is 14.4 Å². The van der Waals surface area contributed by atoms with Crippen molar-refractivity contribution < 1.29 is 33.3 Å². The van der Waals surface area contributed by atoms with Crippen LogP contribution in [0.2, 0.25) is 5.02 Å². The van der Waals surface area contributed by atoms with Crippen molar-refractivity contribution in [3.8, 4) is 5.75 Å². The summed E-state index contributed by atoms with van der Waals surface area (Å²) in [6.07, 6.45) is 0.994. The zero-order chi connectivity index (χ0) is 27.6. The van der Waals surface area contributed by atoms with Gasteiger partial charge in [0.25, 0.3) is 11.5 Å². The number of carbonyl (C=O) groups is 2. The van der Waals surface area contributed by atoms with Crippen LogP contribution in [0.15, 0.2) is 58.3 Å². The Kier molecular flexibility index (Phi) is 7.86. The lowest BCUT2D eigenvalue weighted by Crippen LogP contribution is -2.33. The molecule has 2 aromatic heterocycles. The van der Waals surface area contributed by atoms with Gasteiger partial charge in [-0.05, 0) is 35.9 Å². The number of rotatable bonds is 8. The predicted molar refractivity (Wildman–Crippen MR) is 132 cm³/mol. The maximum Gasteiger partial charge on any atom is 0.342 e. The molecule has 10 nitrogen and oxygen atoms in total. The molecular weight excluding hydrogens is 528 g/mol. The molecule has 0 saturated carbocycles. The van der Waals surface area contributed by atoms with E-state index in [9.17, 15) is 33.1 Å². The first kappa shape index (κ1) is 26.9. The number of halogens is 3. The number of hydrogen-bond acceptors (Lipinski definition) is 7. The van der Waals surface area contributed by atoms with Gasteiger partial charge in [-0.15, -0.1) is 0 Å². The summed E-state index contributed by atoms with van der Waals surface area (Å²) in [5.74, 6) is -3.27. The van der Waals surface area contributed by atoms with E-state index in [0.29, 0.717) is 16.2 Å². The molecular formula is C25H20ClF2N3O7. The fraction of sp³-hybridized carbons (Fsp3) is 0.200. The summed E-state index contributed by atoms with van der Waals surface area (Å²) in [6.45, 7) is -1.84. The maximum atomic E-state index is 13.9. The van der Waals surface area contributed by atoms with Gasteiger partial charge in [0.1, 0.15) is 35.6 Å². The lowest BCUT2D eigenvalue weighted by molar-refractivity contribution is 0.0815. The van der Waals surface area contributed by atoms with Crippen molar-refractivity contribution in [1.82, 2.24) is 13.7 Å². The second-order valence-corrected chi connectivity index (χ2v) is 8.53. The molecule has 0 aliphatic carbocycles. The summed E-state index contributed by atoms with van der Waals surface area (Å²) in [5, 5.41) is 18.1. The molecule has 0 atom stereocenters. The minimum Gasteiger partial charge on any atom is -0.487 e. The number of nitrogens with zero attached hydrogens (tertiary/aromatic N) is 3. The molecule has 2 heterocycles. The molecule has 0 radical (unpaired) electrons. The molecule has 38 heavy (non-hydrogen) atoms.